The lowest BCUT2D eigenvalue weighted by Crippen LogP contribution is -2.23. The van der Waals surface area contributed by atoms with E-state index in [2.05, 4.69) is 10.0 Å². The van der Waals surface area contributed by atoms with Crippen molar-refractivity contribution in [1.82, 2.24) is 4.72 Å². The number of nitrogens with one attached hydrogen (secondary N) is 2. The number of amides is 2. The first-order valence-corrected chi connectivity index (χ1v) is 11.7. The number of benzene rings is 2. The zero-order chi connectivity index (χ0) is 22.6. The van der Waals surface area contributed by atoms with E-state index in [0.29, 0.717) is 24.4 Å². The number of rotatable bonds is 8. The predicted molar refractivity (Wildman–Crippen MR) is 120 cm³/mol. The molecule has 0 aliphatic carbocycles. The number of anilines is 2. The van der Waals surface area contributed by atoms with Gasteiger partial charge in [0.05, 0.1) is 24.1 Å². The molecule has 2 N–H and O–H groups in total. The number of carbonyl (C=O) groups excluding carboxylic acids is 2. The monoisotopic (exact) mass is 453 g/mol. The molecule has 0 bridgehead atoms. The Morgan fingerprint density at radius 2 is 1.88 bits per heavy atom. The highest BCUT2D eigenvalue weighted by molar-refractivity contribution is 7.89. The summed E-state index contributed by atoms with van der Waals surface area (Å²) in [5.74, 6) is 0.343. The molecule has 8 nitrogen and oxygen atoms in total. The zero-order valence-electron chi connectivity index (χ0n) is 17.3. The summed E-state index contributed by atoms with van der Waals surface area (Å²) < 4.78 is 32.7. The second-order valence-electron chi connectivity index (χ2n) is 7.47. The third-order valence-corrected chi connectivity index (χ3v) is 6.53. The van der Waals surface area contributed by atoms with Crippen molar-refractivity contribution in [2.24, 2.45) is 0 Å². The maximum atomic E-state index is 12.5. The highest BCUT2D eigenvalue weighted by Crippen LogP contribution is 2.22. The van der Waals surface area contributed by atoms with E-state index in [-0.39, 0.29) is 29.7 Å². The molecule has 1 saturated heterocycles. The van der Waals surface area contributed by atoms with E-state index in [0.717, 1.165) is 17.7 Å². The standard InChI is InChI=1S/C23H23N3O5S/c27-22(14-17-8-10-19(11-9-17)26-12-2-7-23(26)28)25-18-4-1-6-21(15-18)32(29,30)24-16-20-5-3-13-31-20/h1,3-6,8-11,13,15,24H,2,7,12,14,16H2,(H,25,27). The molecule has 2 heterocycles. The van der Waals surface area contributed by atoms with Gasteiger partial charge < -0.3 is 14.6 Å². The smallest absolute Gasteiger partial charge is 0.241 e. The van der Waals surface area contributed by atoms with E-state index in [1.54, 1.807) is 29.2 Å². The van der Waals surface area contributed by atoms with E-state index in [1.165, 1.54) is 18.4 Å². The lowest BCUT2D eigenvalue weighted by Gasteiger charge is -2.16. The summed E-state index contributed by atoms with van der Waals surface area (Å²) in [5, 5.41) is 2.74. The molecule has 2 amide bonds. The van der Waals surface area contributed by atoms with Gasteiger partial charge in [0.2, 0.25) is 21.8 Å². The first kappa shape index (κ1) is 21.8. The number of hydrogen-bond acceptors (Lipinski definition) is 5. The third-order valence-electron chi connectivity index (χ3n) is 5.13. The molecule has 166 valence electrons. The fourth-order valence-electron chi connectivity index (χ4n) is 3.51. The van der Waals surface area contributed by atoms with Crippen molar-refractivity contribution >= 4 is 33.2 Å². The molecule has 9 heteroatoms. The van der Waals surface area contributed by atoms with Crippen molar-refractivity contribution in [3.05, 3.63) is 78.3 Å². The van der Waals surface area contributed by atoms with Crippen molar-refractivity contribution in [1.29, 1.82) is 0 Å². The van der Waals surface area contributed by atoms with Crippen LogP contribution in [0.3, 0.4) is 0 Å². The molecule has 1 aliphatic rings. The minimum absolute atomic E-state index is 0.0327. The van der Waals surface area contributed by atoms with E-state index in [4.69, 9.17) is 4.42 Å². The minimum Gasteiger partial charge on any atom is -0.468 e. The van der Waals surface area contributed by atoms with Crippen LogP contribution < -0.4 is 14.9 Å². The Bertz CT molecular complexity index is 1200. The molecule has 0 spiro atoms. The quantitative estimate of drug-likeness (QED) is 0.545. The number of furan rings is 1. The van der Waals surface area contributed by atoms with E-state index >= 15 is 0 Å². The van der Waals surface area contributed by atoms with Crippen molar-refractivity contribution in [2.75, 3.05) is 16.8 Å². The van der Waals surface area contributed by atoms with E-state index in [9.17, 15) is 18.0 Å². The molecule has 1 aromatic heterocycles. The lowest BCUT2D eigenvalue weighted by atomic mass is 10.1. The van der Waals surface area contributed by atoms with Gasteiger partial charge in [0.25, 0.3) is 0 Å². The predicted octanol–water partition coefficient (Wildman–Crippen LogP) is 3.07. The van der Waals surface area contributed by atoms with Gasteiger partial charge in [-0.3, -0.25) is 9.59 Å². The SMILES string of the molecule is O=C(Cc1ccc(N2CCCC2=O)cc1)Nc1cccc(S(=O)(=O)NCc2ccco2)c1. The molecule has 1 fully saturated rings. The van der Waals surface area contributed by atoms with Gasteiger partial charge in [0, 0.05) is 24.3 Å². The first-order valence-electron chi connectivity index (χ1n) is 10.2. The van der Waals surface area contributed by atoms with E-state index in [1.807, 2.05) is 24.3 Å². The topological polar surface area (TPSA) is 109 Å². The van der Waals surface area contributed by atoms with Gasteiger partial charge in [0.1, 0.15) is 5.76 Å². The minimum atomic E-state index is -3.76. The normalized spacial score (nSPS) is 14.0. The van der Waals surface area contributed by atoms with Crippen LogP contribution in [-0.2, 0) is 32.6 Å². The third kappa shape index (κ3) is 5.24. The van der Waals surface area contributed by atoms with Crippen LogP contribution in [0.15, 0.2) is 76.2 Å². The Labute approximate surface area is 186 Å². The highest BCUT2D eigenvalue weighted by Gasteiger charge is 2.21. The van der Waals surface area contributed by atoms with Crippen LogP contribution in [0.2, 0.25) is 0 Å². The Kier molecular flexibility index (Phi) is 6.38. The van der Waals surface area contributed by atoms with Gasteiger partial charge in [-0.05, 0) is 54.4 Å². The fourth-order valence-corrected chi connectivity index (χ4v) is 4.55. The summed E-state index contributed by atoms with van der Waals surface area (Å²) in [6, 6.07) is 16.7. The first-order chi connectivity index (χ1) is 15.4. The molecule has 2 aromatic carbocycles. The molecular weight excluding hydrogens is 430 g/mol. The van der Waals surface area contributed by atoms with E-state index < -0.39 is 10.0 Å². The molecule has 0 atom stereocenters. The summed E-state index contributed by atoms with van der Waals surface area (Å²) in [7, 11) is -3.76. The van der Waals surface area contributed by atoms with Crippen molar-refractivity contribution in [3.63, 3.8) is 0 Å². The van der Waals surface area contributed by atoms with Crippen molar-refractivity contribution in [2.45, 2.75) is 30.7 Å². The van der Waals surface area contributed by atoms with Crippen LogP contribution in [0.5, 0.6) is 0 Å². The van der Waals surface area contributed by atoms with Crippen LogP contribution in [0.25, 0.3) is 0 Å². The Morgan fingerprint density at radius 1 is 1.06 bits per heavy atom. The second-order valence-corrected chi connectivity index (χ2v) is 9.24. The van der Waals surface area contributed by atoms with Crippen LogP contribution in [0.4, 0.5) is 11.4 Å². The van der Waals surface area contributed by atoms with Gasteiger partial charge in [-0.25, -0.2) is 13.1 Å². The molecule has 3 aromatic rings. The summed E-state index contributed by atoms with van der Waals surface area (Å²) in [4.78, 5) is 26.1. The van der Waals surface area contributed by atoms with Gasteiger partial charge in [-0.1, -0.05) is 18.2 Å². The Morgan fingerprint density at radius 3 is 2.56 bits per heavy atom. The Balaban J connectivity index is 1.36. The Hall–Kier alpha value is -3.43. The van der Waals surface area contributed by atoms with Gasteiger partial charge in [-0.15, -0.1) is 0 Å². The maximum Gasteiger partial charge on any atom is 0.241 e. The molecule has 0 unspecified atom stereocenters. The molecule has 1 aliphatic heterocycles. The lowest BCUT2D eigenvalue weighted by molar-refractivity contribution is -0.117. The number of nitrogens with zero attached hydrogens (tertiary/aromatic N) is 1. The highest BCUT2D eigenvalue weighted by atomic mass is 32.2. The number of hydrogen-bond donors (Lipinski definition) is 2. The van der Waals surface area contributed by atoms with Crippen LogP contribution in [0.1, 0.15) is 24.2 Å². The van der Waals surface area contributed by atoms with Crippen LogP contribution in [0, 0.1) is 0 Å². The van der Waals surface area contributed by atoms with Gasteiger partial charge >= 0.3 is 0 Å². The second kappa shape index (κ2) is 9.37. The summed E-state index contributed by atoms with van der Waals surface area (Å²) in [6.45, 7) is 0.749. The van der Waals surface area contributed by atoms with Crippen molar-refractivity contribution in [3.8, 4) is 0 Å². The van der Waals surface area contributed by atoms with Crippen LogP contribution in [-0.4, -0.2) is 26.8 Å². The van der Waals surface area contributed by atoms with Gasteiger partial charge in [-0.2, -0.15) is 0 Å². The molecule has 0 saturated carbocycles. The molecule has 4 rings (SSSR count). The largest absolute Gasteiger partial charge is 0.468 e. The van der Waals surface area contributed by atoms with Crippen LogP contribution >= 0.6 is 0 Å². The number of carbonyl (C=O) groups is 2. The summed E-state index contributed by atoms with van der Waals surface area (Å²) in [5.41, 5.74) is 2.01. The average molecular weight is 454 g/mol. The fraction of sp³-hybridized carbons (Fsp3) is 0.217. The zero-order valence-corrected chi connectivity index (χ0v) is 18.1. The summed E-state index contributed by atoms with van der Waals surface area (Å²) >= 11 is 0. The van der Waals surface area contributed by atoms with Gasteiger partial charge in [0.15, 0.2) is 0 Å². The van der Waals surface area contributed by atoms with Crippen molar-refractivity contribution < 1.29 is 22.4 Å². The summed E-state index contributed by atoms with van der Waals surface area (Å²) in [6.07, 6.45) is 3.02. The average Bonchev–Trinajstić information content (AvgIpc) is 3.45. The molecule has 32 heavy (non-hydrogen) atoms. The molecule has 0 radical (unpaired) electrons. The number of sulfonamides is 1. The maximum absolute atomic E-state index is 12.5. The molecular formula is C23H23N3O5S.